The molecular formula is C24H23N5S4. The Morgan fingerprint density at radius 2 is 1.00 bits per heavy atom. The number of nitriles is 3. The fraction of sp³-hybridized carbons (Fsp3) is 0.458. The summed E-state index contributed by atoms with van der Waals surface area (Å²) in [4.78, 5) is 9.93. The van der Waals surface area contributed by atoms with Crippen LogP contribution in [0.4, 0.5) is 11.4 Å². The fourth-order valence-corrected chi connectivity index (χ4v) is 10.2. The number of piperidine rings is 2. The van der Waals surface area contributed by atoms with Crippen molar-refractivity contribution < 1.29 is 0 Å². The molecule has 0 amide bonds. The summed E-state index contributed by atoms with van der Waals surface area (Å²) >= 11 is 6.67. The summed E-state index contributed by atoms with van der Waals surface area (Å²) in [6.45, 7) is 6.01. The van der Waals surface area contributed by atoms with Gasteiger partial charge in [0.1, 0.15) is 17.7 Å². The van der Waals surface area contributed by atoms with Gasteiger partial charge in [-0.05, 0) is 45.4 Å². The normalized spacial score (nSPS) is 19.5. The number of nitrogens with zero attached hydrogens (tertiary/aromatic N) is 5. The molecule has 5 rings (SSSR count). The molecule has 0 atom stereocenters. The summed E-state index contributed by atoms with van der Waals surface area (Å²) < 4.78 is 1.88. The van der Waals surface area contributed by atoms with Gasteiger partial charge in [-0.1, -0.05) is 47.0 Å². The molecular weight excluding hydrogens is 487 g/mol. The fourth-order valence-electron chi connectivity index (χ4n) is 4.65. The number of benzene rings is 1. The third kappa shape index (κ3) is 4.13. The topological polar surface area (TPSA) is 77.8 Å². The van der Waals surface area contributed by atoms with Crippen molar-refractivity contribution in [2.75, 3.05) is 36.0 Å². The monoisotopic (exact) mass is 509 g/mol. The Hall–Kier alpha value is -1.83. The van der Waals surface area contributed by atoms with Crippen LogP contribution in [-0.4, -0.2) is 26.2 Å². The maximum atomic E-state index is 9.60. The highest BCUT2D eigenvalue weighted by molar-refractivity contribution is 8.26. The molecule has 9 heteroatoms. The number of fused-ring (bicyclic) bond motifs is 2. The maximum Gasteiger partial charge on any atom is 0.150 e. The van der Waals surface area contributed by atoms with Gasteiger partial charge in [-0.25, -0.2) is 0 Å². The molecule has 0 bridgehead atoms. The van der Waals surface area contributed by atoms with E-state index in [1.807, 2.05) is 6.92 Å². The zero-order chi connectivity index (χ0) is 22.9. The summed E-state index contributed by atoms with van der Waals surface area (Å²) in [7, 11) is 0. The van der Waals surface area contributed by atoms with E-state index in [2.05, 4.69) is 28.0 Å². The quantitative estimate of drug-likeness (QED) is 0.389. The first-order chi connectivity index (χ1) is 16.2. The second kappa shape index (κ2) is 9.80. The Morgan fingerprint density at radius 1 is 0.606 bits per heavy atom. The molecule has 0 saturated carbocycles. The lowest BCUT2D eigenvalue weighted by Crippen LogP contribution is -2.32. The van der Waals surface area contributed by atoms with Crippen molar-refractivity contribution >= 4 is 58.4 Å². The van der Waals surface area contributed by atoms with Gasteiger partial charge in [0.25, 0.3) is 0 Å². The van der Waals surface area contributed by atoms with E-state index in [0.717, 1.165) is 40.2 Å². The first-order valence-corrected chi connectivity index (χ1v) is 14.5. The third-order valence-corrected chi connectivity index (χ3v) is 11.7. The molecule has 2 fully saturated rings. The Morgan fingerprint density at radius 3 is 1.36 bits per heavy atom. The molecule has 1 aromatic carbocycles. The smallest absolute Gasteiger partial charge is 0.150 e. The summed E-state index contributed by atoms with van der Waals surface area (Å²) in [5.41, 5.74) is 3.48. The first-order valence-electron chi connectivity index (χ1n) is 11.3. The molecule has 0 spiro atoms. The van der Waals surface area contributed by atoms with Gasteiger partial charge in [-0.15, -0.1) is 0 Å². The lowest BCUT2D eigenvalue weighted by Gasteiger charge is -2.35. The van der Waals surface area contributed by atoms with E-state index in [9.17, 15) is 15.8 Å². The summed E-state index contributed by atoms with van der Waals surface area (Å²) in [5, 5.41) is 28.7. The van der Waals surface area contributed by atoms with E-state index >= 15 is 0 Å². The largest absolute Gasteiger partial charge is 0.370 e. The van der Waals surface area contributed by atoms with E-state index in [1.165, 1.54) is 69.5 Å². The molecule has 0 aromatic heterocycles. The third-order valence-electron chi connectivity index (χ3n) is 6.30. The van der Waals surface area contributed by atoms with E-state index in [4.69, 9.17) is 0 Å². The van der Waals surface area contributed by atoms with Gasteiger partial charge in [0.05, 0.1) is 45.5 Å². The van der Waals surface area contributed by atoms with Crippen LogP contribution in [0, 0.1) is 34.0 Å². The van der Waals surface area contributed by atoms with Crippen LogP contribution in [0.1, 0.15) is 45.4 Å². The van der Waals surface area contributed by atoms with Crippen LogP contribution < -0.4 is 9.80 Å². The maximum absolute atomic E-state index is 9.60. The Balaban J connectivity index is 1.75. The molecule has 4 aliphatic rings. The predicted molar refractivity (Wildman–Crippen MR) is 139 cm³/mol. The van der Waals surface area contributed by atoms with Crippen molar-refractivity contribution in [3.63, 3.8) is 0 Å². The van der Waals surface area contributed by atoms with Crippen LogP contribution in [-0.2, 0) is 0 Å². The summed E-state index contributed by atoms with van der Waals surface area (Å²) in [5.74, 6) is 0. The van der Waals surface area contributed by atoms with Crippen LogP contribution in [0.25, 0.3) is 0 Å². The standard InChI is InChI=1S/C24H23N5S4/c1-15(12-25)23-30-19-17(28-8-4-2-5-9-28)21-22(33-24(32-21)16(13-26)14-27)18(20(19)31-23)29-10-6-3-7-11-29/h2-11H2,1H3. The van der Waals surface area contributed by atoms with Crippen molar-refractivity contribution in [1.29, 1.82) is 15.8 Å². The Labute approximate surface area is 212 Å². The van der Waals surface area contributed by atoms with Crippen molar-refractivity contribution in [2.45, 2.75) is 65.0 Å². The van der Waals surface area contributed by atoms with Crippen molar-refractivity contribution in [1.82, 2.24) is 0 Å². The minimum absolute atomic E-state index is 0.205. The molecule has 4 heterocycles. The first kappa shape index (κ1) is 22.9. The van der Waals surface area contributed by atoms with Crippen molar-refractivity contribution in [2.24, 2.45) is 0 Å². The average Bonchev–Trinajstić information content (AvgIpc) is 3.48. The molecule has 2 saturated heterocycles. The van der Waals surface area contributed by atoms with Crippen LogP contribution >= 0.6 is 47.0 Å². The van der Waals surface area contributed by atoms with E-state index in [0.29, 0.717) is 0 Å². The minimum Gasteiger partial charge on any atom is -0.370 e. The zero-order valence-electron chi connectivity index (χ0n) is 18.4. The summed E-state index contributed by atoms with van der Waals surface area (Å²) in [6.07, 6.45) is 7.23. The van der Waals surface area contributed by atoms with Gasteiger partial charge in [-0.2, -0.15) is 15.8 Å². The molecule has 5 nitrogen and oxygen atoms in total. The number of hydrogen-bond acceptors (Lipinski definition) is 9. The summed E-state index contributed by atoms with van der Waals surface area (Å²) in [6, 6.07) is 6.57. The molecule has 0 radical (unpaired) electrons. The zero-order valence-corrected chi connectivity index (χ0v) is 21.7. The van der Waals surface area contributed by atoms with E-state index in [-0.39, 0.29) is 5.57 Å². The van der Waals surface area contributed by atoms with E-state index in [1.54, 1.807) is 47.0 Å². The van der Waals surface area contributed by atoms with Gasteiger partial charge in [0.15, 0.2) is 0 Å². The number of hydrogen-bond donors (Lipinski definition) is 0. The molecule has 168 valence electrons. The van der Waals surface area contributed by atoms with Gasteiger partial charge in [0, 0.05) is 31.8 Å². The SMILES string of the molecule is CC(C#N)=C1Sc2c(c(N3CCCCC3)c3c(c2N2CCCCC2)SC(=C(C#N)C#N)S3)S1. The highest BCUT2D eigenvalue weighted by Crippen LogP contribution is 2.68. The van der Waals surface area contributed by atoms with Gasteiger partial charge in [0.2, 0.25) is 0 Å². The van der Waals surface area contributed by atoms with E-state index < -0.39 is 0 Å². The van der Waals surface area contributed by atoms with Crippen LogP contribution in [0.5, 0.6) is 0 Å². The number of allylic oxidation sites excluding steroid dienone is 2. The molecule has 0 N–H and O–H groups in total. The van der Waals surface area contributed by atoms with Crippen molar-refractivity contribution in [3.05, 3.63) is 19.6 Å². The molecule has 0 aliphatic carbocycles. The second-order valence-electron chi connectivity index (χ2n) is 8.43. The highest BCUT2D eigenvalue weighted by Gasteiger charge is 2.39. The molecule has 33 heavy (non-hydrogen) atoms. The number of anilines is 2. The Kier molecular flexibility index (Phi) is 6.81. The van der Waals surface area contributed by atoms with Crippen LogP contribution in [0.2, 0.25) is 0 Å². The van der Waals surface area contributed by atoms with Crippen molar-refractivity contribution in [3.8, 4) is 18.2 Å². The lowest BCUT2D eigenvalue weighted by molar-refractivity contribution is 0.563. The van der Waals surface area contributed by atoms with Crippen LogP contribution in [0.3, 0.4) is 0 Å². The molecule has 0 unspecified atom stereocenters. The molecule has 1 aromatic rings. The number of thioether (sulfide) groups is 4. The Bertz CT molecular complexity index is 1110. The van der Waals surface area contributed by atoms with Crippen LogP contribution in [0.15, 0.2) is 39.2 Å². The lowest BCUT2D eigenvalue weighted by atomic mass is 10.1. The predicted octanol–water partition coefficient (Wildman–Crippen LogP) is 7.08. The minimum atomic E-state index is 0.205. The number of rotatable bonds is 2. The van der Waals surface area contributed by atoms with Gasteiger partial charge < -0.3 is 9.80 Å². The molecule has 4 aliphatic heterocycles. The highest BCUT2D eigenvalue weighted by atomic mass is 32.2. The average molecular weight is 510 g/mol. The van der Waals surface area contributed by atoms with Gasteiger partial charge >= 0.3 is 0 Å². The second-order valence-corrected chi connectivity index (χ2v) is 13.0. The van der Waals surface area contributed by atoms with Gasteiger partial charge in [-0.3, -0.25) is 0 Å².